The molecule has 2 atom stereocenters. The molecule has 1 rings (SSSR count). The Balaban J connectivity index is 0.00000324. The Labute approximate surface area is 138 Å². The van der Waals surface area contributed by atoms with Crippen LogP contribution >= 0.6 is 35.7 Å². The topological polar surface area (TPSA) is 45.7 Å². The van der Waals surface area contributed by atoms with Crippen molar-refractivity contribution in [1.29, 1.82) is 0 Å². The van der Waals surface area contributed by atoms with Crippen LogP contribution in [0.3, 0.4) is 0 Å². The molecule has 2 unspecified atom stereocenters. The third-order valence-corrected chi connectivity index (χ3v) is 5.02. The summed E-state index contributed by atoms with van der Waals surface area (Å²) in [6.45, 7) is 7.60. The third kappa shape index (κ3) is 4.14. The highest BCUT2D eigenvalue weighted by atomic mass is 127. The first-order chi connectivity index (χ1) is 8.41. The molecule has 0 aromatic rings. The molecule has 1 aliphatic carbocycles. The fourth-order valence-electron chi connectivity index (χ4n) is 2.35. The lowest BCUT2D eigenvalue weighted by molar-refractivity contribution is -0.176. The van der Waals surface area contributed by atoms with Gasteiger partial charge in [-0.1, -0.05) is 13.8 Å². The number of rotatable bonds is 5. The van der Waals surface area contributed by atoms with Crippen molar-refractivity contribution >= 4 is 41.7 Å². The molecule has 1 fully saturated rings. The number of methoxy groups -OCH3 is 1. The number of nitrogens with zero attached hydrogens (tertiary/aromatic N) is 1. The van der Waals surface area contributed by atoms with Crippen LogP contribution in [0.25, 0.3) is 0 Å². The summed E-state index contributed by atoms with van der Waals surface area (Å²) in [4.78, 5) is 4.27. The highest BCUT2D eigenvalue weighted by molar-refractivity contribution is 14.0. The molecule has 0 aromatic heterocycles. The Morgan fingerprint density at radius 3 is 2.47 bits per heavy atom. The highest BCUT2D eigenvalue weighted by Crippen LogP contribution is 2.51. The van der Waals surface area contributed by atoms with Gasteiger partial charge >= 0.3 is 0 Å². The predicted molar refractivity (Wildman–Crippen MR) is 95.9 cm³/mol. The normalized spacial score (nSPS) is 29.2. The number of halogens is 1. The number of nitrogens with one attached hydrogen (secondary N) is 2. The van der Waals surface area contributed by atoms with E-state index in [9.17, 15) is 0 Å². The lowest BCUT2D eigenvalue weighted by atomic mass is 9.56. The van der Waals surface area contributed by atoms with Crippen LogP contribution in [0.15, 0.2) is 4.99 Å². The lowest BCUT2D eigenvalue weighted by Crippen LogP contribution is -2.69. The minimum absolute atomic E-state index is 0. The smallest absolute Gasteiger partial charge is 0.191 e. The standard InChI is InChI=1S/C13H27N3OS.HI/c1-12(2)10(9-13(12,3)17-5)16-11(14-4)15-7-8-18-6;/h10H,7-9H2,1-6H3,(H2,14,15,16);1H. The van der Waals surface area contributed by atoms with Crippen molar-refractivity contribution < 1.29 is 4.74 Å². The molecule has 0 spiro atoms. The fraction of sp³-hybridized carbons (Fsp3) is 0.923. The maximum absolute atomic E-state index is 5.63. The van der Waals surface area contributed by atoms with E-state index in [0.29, 0.717) is 6.04 Å². The Hall–Kier alpha value is 0.310. The van der Waals surface area contributed by atoms with Gasteiger partial charge in [0.15, 0.2) is 5.96 Å². The first-order valence-corrected chi connectivity index (χ1v) is 7.82. The number of thioether (sulfide) groups is 1. The van der Waals surface area contributed by atoms with Crippen LogP contribution in [0, 0.1) is 5.41 Å². The van der Waals surface area contributed by atoms with Crippen LogP contribution in [-0.4, -0.2) is 50.3 Å². The van der Waals surface area contributed by atoms with E-state index in [0.717, 1.165) is 24.7 Å². The first kappa shape index (κ1) is 19.3. The van der Waals surface area contributed by atoms with Crippen molar-refractivity contribution in [3.05, 3.63) is 0 Å². The van der Waals surface area contributed by atoms with Crippen molar-refractivity contribution in [3.63, 3.8) is 0 Å². The molecule has 0 heterocycles. The summed E-state index contributed by atoms with van der Waals surface area (Å²) in [6.07, 6.45) is 3.12. The molecule has 4 nitrogen and oxygen atoms in total. The van der Waals surface area contributed by atoms with Crippen LogP contribution in [0.4, 0.5) is 0 Å². The zero-order valence-electron chi connectivity index (χ0n) is 12.9. The van der Waals surface area contributed by atoms with E-state index < -0.39 is 0 Å². The maximum atomic E-state index is 5.63. The Kier molecular flexibility index (Phi) is 8.06. The van der Waals surface area contributed by atoms with Gasteiger partial charge in [0.1, 0.15) is 0 Å². The van der Waals surface area contributed by atoms with Gasteiger partial charge in [-0.2, -0.15) is 11.8 Å². The zero-order chi connectivity index (χ0) is 13.8. The molecule has 0 saturated heterocycles. The number of aliphatic imine (C=N–C) groups is 1. The second kappa shape index (κ2) is 7.93. The Morgan fingerprint density at radius 2 is 2.05 bits per heavy atom. The number of ether oxygens (including phenoxy) is 1. The minimum Gasteiger partial charge on any atom is -0.378 e. The summed E-state index contributed by atoms with van der Waals surface area (Å²) < 4.78 is 5.63. The van der Waals surface area contributed by atoms with Gasteiger partial charge in [-0.25, -0.2) is 0 Å². The van der Waals surface area contributed by atoms with Crippen LogP contribution in [-0.2, 0) is 4.74 Å². The summed E-state index contributed by atoms with van der Waals surface area (Å²) in [5, 5.41) is 6.82. The van der Waals surface area contributed by atoms with E-state index in [1.807, 2.05) is 18.8 Å². The van der Waals surface area contributed by atoms with E-state index in [1.165, 1.54) is 0 Å². The van der Waals surface area contributed by atoms with Crippen molar-refractivity contribution in [1.82, 2.24) is 10.6 Å². The lowest BCUT2D eigenvalue weighted by Gasteiger charge is -2.59. The van der Waals surface area contributed by atoms with Gasteiger partial charge in [-0.3, -0.25) is 4.99 Å². The molecule has 1 saturated carbocycles. The van der Waals surface area contributed by atoms with Crippen molar-refractivity contribution in [3.8, 4) is 0 Å². The number of guanidine groups is 1. The summed E-state index contributed by atoms with van der Waals surface area (Å²) in [6, 6.07) is 0.405. The fourth-order valence-corrected chi connectivity index (χ4v) is 2.66. The average Bonchev–Trinajstić information content (AvgIpc) is 2.36. The van der Waals surface area contributed by atoms with Gasteiger partial charge in [0.05, 0.1) is 5.60 Å². The monoisotopic (exact) mass is 401 g/mol. The largest absolute Gasteiger partial charge is 0.378 e. The van der Waals surface area contributed by atoms with Gasteiger partial charge < -0.3 is 15.4 Å². The van der Waals surface area contributed by atoms with Crippen molar-refractivity contribution in [2.75, 3.05) is 32.7 Å². The Bertz CT molecular complexity index is 312. The Morgan fingerprint density at radius 1 is 1.42 bits per heavy atom. The summed E-state index contributed by atoms with van der Waals surface area (Å²) >= 11 is 1.83. The van der Waals surface area contributed by atoms with E-state index in [1.54, 1.807) is 7.11 Å². The minimum atomic E-state index is -0.0389. The number of hydrogen-bond acceptors (Lipinski definition) is 3. The van der Waals surface area contributed by atoms with Crippen LogP contribution < -0.4 is 10.6 Å². The molecule has 1 aliphatic rings. The molecule has 0 bridgehead atoms. The molecule has 19 heavy (non-hydrogen) atoms. The van der Waals surface area contributed by atoms with E-state index in [4.69, 9.17) is 4.74 Å². The van der Waals surface area contributed by atoms with E-state index in [-0.39, 0.29) is 35.0 Å². The summed E-state index contributed by atoms with van der Waals surface area (Å²) in [5.41, 5.74) is 0.0711. The van der Waals surface area contributed by atoms with Crippen molar-refractivity contribution in [2.24, 2.45) is 10.4 Å². The average molecular weight is 401 g/mol. The molecule has 114 valence electrons. The first-order valence-electron chi connectivity index (χ1n) is 6.42. The van der Waals surface area contributed by atoms with Gasteiger partial charge in [0.25, 0.3) is 0 Å². The molecule has 0 aromatic carbocycles. The molecule has 0 radical (unpaired) electrons. The molecular formula is C13H28IN3OS. The molecular weight excluding hydrogens is 373 g/mol. The van der Waals surface area contributed by atoms with E-state index >= 15 is 0 Å². The predicted octanol–water partition coefficient (Wildman–Crippen LogP) is 2.34. The summed E-state index contributed by atoms with van der Waals surface area (Å²) in [7, 11) is 3.61. The van der Waals surface area contributed by atoms with Gasteiger partial charge in [0.2, 0.25) is 0 Å². The van der Waals surface area contributed by atoms with Gasteiger partial charge in [-0.05, 0) is 19.6 Å². The number of hydrogen-bond donors (Lipinski definition) is 2. The van der Waals surface area contributed by atoms with Gasteiger partial charge in [-0.15, -0.1) is 24.0 Å². The van der Waals surface area contributed by atoms with E-state index in [2.05, 4.69) is 42.7 Å². The maximum Gasteiger partial charge on any atom is 0.191 e. The molecule has 0 amide bonds. The second-order valence-corrected chi connectivity index (χ2v) is 6.54. The van der Waals surface area contributed by atoms with Gasteiger partial charge in [0, 0.05) is 37.9 Å². The third-order valence-electron chi connectivity index (χ3n) is 4.41. The highest BCUT2D eigenvalue weighted by Gasteiger charge is 2.57. The SMILES string of the molecule is CN=C(NCCSC)NC1CC(C)(OC)C1(C)C.I. The quantitative estimate of drug-likeness (QED) is 0.321. The molecule has 6 heteroatoms. The summed E-state index contributed by atoms with van der Waals surface area (Å²) in [5.74, 6) is 1.98. The zero-order valence-corrected chi connectivity index (χ0v) is 16.0. The second-order valence-electron chi connectivity index (χ2n) is 5.55. The molecule has 0 aliphatic heterocycles. The van der Waals surface area contributed by atoms with Crippen LogP contribution in [0.5, 0.6) is 0 Å². The van der Waals surface area contributed by atoms with Crippen LogP contribution in [0.2, 0.25) is 0 Å². The van der Waals surface area contributed by atoms with Crippen LogP contribution in [0.1, 0.15) is 27.2 Å². The molecule has 2 N–H and O–H groups in total. The van der Waals surface area contributed by atoms with Crippen molar-refractivity contribution in [2.45, 2.75) is 38.8 Å².